The van der Waals surface area contributed by atoms with Crippen LogP contribution in [0.1, 0.15) is 24.1 Å². The van der Waals surface area contributed by atoms with Crippen LogP contribution in [0.3, 0.4) is 0 Å². The molecule has 3 saturated heterocycles. The zero-order valence-corrected chi connectivity index (χ0v) is 15.7. The quantitative estimate of drug-likeness (QED) is 0.823. The normalized spacial score (nSPS) is 27.7. The third kappa shape index (κ3) is 3.66. The summed E-state index contributed by atoms with van der Waals surface area (Å²) >= 11 is 3.75. The van der Waals surface area contributed by atoms with E-state index in [1.54, 1.807) is 11.3 Å². The molecule has 3 aliphatic rings. The summed E-state index contributed by atoms with van der Waals surface area (Å²) in [5, 5.41) is 2.04. The van der Waals surface area contributed by atoms with Crippen LogP contribution in [0.2, 0.25) is 0 Å². The second-order valence-corrected chi connectivity index (χ2v) is 9.34. The molecule has 4 heterocycles. The van der Waals surface area contributed by atoms with Gasteiger partial charge in [-0.3, -0.25) is 9.69 Å². The molecular formula is C18H26N2O2S2. The standard InChI is InChI=1S/C18H26N2O2S2/c21-17(12-16-2-1-10-24-16)19-6-4-18(5-7-19)14-20(8-9-22-18)15-3-11-23-13-15/h1-2,10,15H,3-9,11-14H2. The van der Waals surface area contributed by atoms with E-state index in [1.807, 2.05) is 16.3 Å². The van der Waals surface area contributed by atoms with Gasteiger partial charge in [0, 0.05) is 42.9 Å². The van der Waals surface area contributed by atoms with Gasteiger partial charge < -0.3 is 9.64 Å². The number of carbonyl (C=O) groups excluding carboxylic acids is 1. The molecule has 0 aromatic carbocycles. The second-order valence-electron chi connectivity index (χ2n) is 7.16. The van der Waals surface area contributed by atoms with Crippen LogP contribution in [0.15, 0.2) is 17.5 Å². The number of carbonyl (C=O) groups is 1. The van der Waals surface area contributed by atoms with Crippen molar-refractivity contribution in [3.05, 3.63) is 22.4 Å². The Bertz CT molecular complexity index is 549. The first-order valence-electron chi connectivity index (χ1n) is 9.00. The van der Waals surface area contributed by atoms with E-state index in [4.69, 9.17) is 4.74 Å². The highest BCUT2D eigenvalue weighted by atomic mass is 32.2. The van der Waals surface area contributed by atoms with Crippen LogP contribution < -0.4 is 0 Å². The molecule has 1 atom stereocenters. The molecule has 1 aromatic rings. The van der Waals surface area contributed by atoms with Gasteiger partial charge in [0.1, 0.15) is 0 Å². The third-order valence-electron chi connectivity index (χ3n) is 5.63. The van der Waals surface area contributed by atoms with Gasteiger partial charge in [-0.05, 0) is 36.5 Å². The number of ether oxygens (including phenoxy) is 1. The fourth-order valence-electron chi connectivity index (χ4n) is 4.14. The summed E-state index contributed by atoms with van der Waals surface area (Å²) in [6, 6.07) is 4.81. The van der Waals surface area contributed by atoms with Crippen LogP contribution in [-0.2, 0) is 16.0 Å². The molecule has 3 fully saturated rings. The molecule has 3 aliphatic heterocycles. The van der Waals surface area contributed by atoms with Crippen molar-refractivity contribution in [3.63, 3.8) is 0 Å². The van der Waals surface area contributed by atoms with Crippen molar-refractivity contribution in [1.82, 2.24) is 9.80 Å². The summed E-state index contributed by atoms with van der Waals surface area (Å²) in [5.41, 5.74) is -0.00871. The van der Waals surface area contributed by atoms with Gasteiger partial charge in [0.25, 0.3) is 0 Å². The number of likely N-dealkylation sites (tertiary alicyclic amines) is 1. The Hall–Kier alpha value is -0.560. The molecule has 132 valence electrons. The van der Waals surface area contributed by atoms with Crippen LogP contribution in [0, 0.1) is 0 Å². The van der Waals surface area contributed by atoms with Crippen molar-refractivity contribution in [2.75, 3.05) is 44.3 Å². The van der Waals surface area contributed by atoms with Gasteiger partial charge in [-0.15, -0.1) is 11.3 Å². The van der Waals surface area contributed by atoms with Crippen LogP contribution in [0.25, 0.3) is 0 Å². The maximum absolute atomic E-state index is 12.5. The van der Waals surface area contributed by atoms with Crippen molar-refractivity contribution >= 4 is 29.0 Å². The number of hydrogen-bond acceptors (Lipinski definition) is 5. The van der Waals surface area contributed by atoms with Crippen molar-refractivity contribution < 1.29 is 9.53 Å². The molecule has 4 rings (SSSR count). The molecule has 1 spiro atoms. The zero-order valence-electron chi connectivity index (χ0n) is 14.1. The molecular weight excluding hydrogens is 340 g/mol. The van der Waals surface area contributed by atoms with E-state index in [1.165, 1.54) is 22.8 Å². The maximum Gasteiger partial charge on any atom is 0.227 e. The van der Waals surface area contributed by atoms with E-state index in [0.29, 0.717) is 6.42 Å². The monoisotopic (exact) mass is 366 g/mol. The number of thioether (sulfide) groups is 1. The predicted octanol–water partition coefficient (Wildman–Crippen LogP) is 2.49. The lowest BCUT2D eigenvalue weighted by molar-refractivity contribution is -0.153. The fourth-order valence-corrected chi connectivity index (χ4v) is 6.09. The van der Waals surface area contributed by atoms with E-state index >= 15 is 0 Å². The molecule has 1 unspecified atom stereocenters. The summed E-state index contributed by atoms with van der Waals surface area (Å²) in [7, 11) is 0. The van der Waals surface area contributed by atoms with E-state index in [0.717, 1.165) is 51.7 Å². The minimum absolute atomic E-state index is 0.00871. The minimum atomic E-state index is -0.00871. The topological polar surface area (TPSA) is 32.8 Å². The average Bonchev–Trinajstić information content (AvgIpc) is 3.29. The minimum Gasteiger partial charge on any atom is -0.372 e. The van der Waals surface area contributed by atoms with Crippen molar-refractivity contribution in [2.24, 2.45) is 0 Å². The summed E-state index contributed by atoms with van der Waals surface area (Å²) in [6.45, 7) is 4.68. The Balaban J connectivity index is 1.32. The number of piperidine rings is 1. The van der Waals surface area contributed by atoms with Gasteiger partial charge in [0.15, 0.2) is 0 Å². The van der Waals surface area contributed by atoms with Crippen LogP contribution in [0.5, 0.6) is 0 Å². The van der Waals surface area contributed by atoms with Gasteiger partial charge >= 0.3 is 0 Å². The molecule has 24 heavy (non-hydrogen) atoms. The van der Waals surface area contributed by atoms with Gasteiger partial charge in [-0.2, -0.15) is 11.8 Å². The van der Waals surface area contributed by atoms with Crippen LogP contribution >= 0.6 is 23.1 Å². The van der Waals surface area contributed by atoms with Gasteiger partial charge in [0.05, 0.1) is 18.6 Å². The average molecular weight is 367 g/mol. The molecule has 0 N–H and O–H groups in total. The number of hydrogen-bond donors (Lipinski definition) is 0. The summed E-state index contributed by atoms with van der Waals surface area (Å²) < 4.78 is 6.25. The first-order valence-corrected chi connectivity index (χ1v) is 11.0. The van der Waals surface area contributed by atoms with E-state index in [-0.39, 0.29) is 11.5 Å². The smallest absolute Gasteiger partial charge is 0.227 e. The number of thiophene rings is 1. The van der Waals surface area contributed by atoms with Crippen molar-refractivity contribution in [2.45, 2.75) is 37.3 Å². The van der Waals surface area contributed by atoms with Gasteiger partial charge in [-0.1, -0.05) is 6.07 Å². The van der Waals surface area contributed by atoms with Crippen molar-refractivity contribution in [1.29, 1.82) is 0 Å². The highest BCUT2D eigenvalue weighted by Gasteiger charge is 2.42. The fraction of sp³-hybridized carbons (Fsp3) is 0.722. The number of rotatable bonds is 3. The van der Waals surface area contributed by atoms with Crippen LogP contribution in [0.4, 0.5) is 0 Å². The van der Waals surface area contributed by atoms with E-state index in [9.17, 15) is 4.79 Å². The third-order valence-corrected chi connectivity index (χ3v) is 7.65. The Morgan fingerprint density at radius 1 is 1.33 bits per heavy atom. The molecule has 0 bridgehead atoms. The maximum atomic E-state index is 12.5. The summed E-state index contributed by atoms with van der Waals surface area (Å²) in [6.07, 6.45) is 3.85. The first-order chi connectivity index (χ1) is 11.7. The number of morpholine rings is 1. The van der Waals surface area contributed by atoms with E-state index < -0.39 is 0 Å². The molecule has 6 heteroatoms. The Labute approximate surface area is 152 Å². The lowest BCUT2D eigenvalue weighted by Gasteiger charge is -2.48. The number of amides is 1. The predicted molar refractivity (Wildman–Crippen MR) is 99.8 cm³/mol. The lowest BCUT2D eigenvalue weighted by atomic mass is 9.88. The molecule has 0 aliphatic carbocycles. The Morgan fingerprint density at radius 2 is 2.21 bits per heavy atom. The molecule has 0 radical (unpaired) electrons. The zero-order chi connectivity index (χ0) is 16.4. The second kappa shape index (κ2) is 7.36. The number of nitrogens with zero attached hydrogens (tertiary/aromatic N) is 2. The Morgan fingerprint density at radius 3 is 2.92 bits per heavy atom. The summed E-state index contributed by atoms with van der Waals surface area (Å²) in [4.78, 5) is 18.4. The molecule has 0 saturated carbocycles. The van der Waals surface area contributed by atoms with E-state index in [2.05, 4.69) is 22.7 Å². The lowest BCUT2D eigenvalue weighted by Crippen LogP contribution is -2.59. The highest BCUT2D eigenvalue weighted by Crippen LogP contribution is 2.33. The van der Waals surface area contributed by atoms with Gasteiger partial charge in [-0.25, -0.2) is 0 Å². The molecule has 1 amide bonds. The van der Waals surface area contributed by atoms with Crippen molar-refractivity contribution in [3.8, 4) is 0 Å². The van der Waals surface area contributed by atoms with Gasteiger partial charge in [0.2, 0.25) is 5.91 Å². The summed E-state index contributed by atoms with van der Waals surface area (Å²) in [5.74, 6) is 2.86. The Kier molecular flexibility index (Phi) is 5.18. The highest BCUT2D eigenvalue weighted by molar-refractivity contribution is 7.99. The first kappa shape index (κ1) is 16.9. The van der Waals surface area contributed by atoms with Crippen LogP contribution in [-0.4, -0.2) is 71.6 Å². The SMILES string of the molecule is O=C(Cc1cccs1)N1CCC2(CC1)CN(C1CCSC1)CCO2. The largest absolute Gasteiger partial charge is 0.372 e. The molecule has 4 nitrogen and oxygen atoms in total. The molecule has 1 aromatic heterocycles.